The summed E-state index contributed by atoms with van der Waals surface area (Å²) in [5.74, 6) is -0.156. The number of aromatic nitrogens is 2. The highest BCUT2D eigenvalue weighted by atomic mass is 35.5. The number of nitrogens with zero attached hydrogens (tertiary/aromatic N) is 3. The molecule has 0 aliphatic rings. The van der Waals surface area contributed by atoms with E-state index in [1.165, 1.54) is 6.08 Å². The Bertz CT molecular complexity index is 1630. The lowest BCUT2D eigenvalue weighted by Crippen LogP contribution is -2.13. The molecular formula is C25H17ClN4O2. The van der Waals surface area contributed by atoms with E-state index in [1.807, 2.05) is 36.4 Å². The summed E-state index contributed by atoms with van der Waals surface area (Å²) >= 11 is 6.24. The monoisotopic (exact) mass is 440 g/mol. The average Bonchev–Trinajstić information content (AvgIpc) is 3.11. The lowest BCUT2D eigenvalue weighted by molar-refractivity contribution is 0.104. The number of fused-ring (bicyclic) bond motifs is 4. The third-order valence-corrected chi connectivity index (χ3v) is 5.46. The van der Waals surface area contributed by atoms with E-state index in [0.717, 1.165) is 0 Å². The minimum atomic E-state index is -0.158. The molecule has 5 rings (SSSR count). The Kier molecular flexibility index (Phi) is 4.92. The van der Waals surface area contributed by atoms with Crippen LogP contribution in [0.4, 0.5) is 5.69 Å². The van der Waals surface area contributed by atoms with Gasteiger partial charge in [0.05, 0.1) is 22.1 Å². The minimum absolute atomic E-state index is 0.156. The van der Waals surface area contributed by atoms with E-state index in [4.69, 9.17) is 11.6 Å². The predicted molar refractivity (Wildman–Crippen MR) is 127 cm³/mol. The van der Waals surface area contributed by atoms with E-state index in [2.05, 4.69) is 15.2 Å². The molecule has 5 aromatic rings. The van der Waals surface area contributed by atoms with E-state index in [-0.39, 0.29) is 11.3 Å². The highest BCUT2D eigenvalue weighted by molar-refractivity contribution is 6.31. The first kappa shape index (κ1) is 19.9. The molecule has 0 saturated heterocycles. The first-order valence-corrected chi connectivity index (χ1v) is 10.3. The van der Waals surface area contributed by atoms with Crippen molar-refractivity contribution < 1.29 is 4.79 Å². The topological polar surface area (TPSA) is 79.1 Å². The first-order valence-electron chi connectivity index (χ1n) is 9.97. The lowest BCUT2D eigenvalue weighted by Gasteiger charge is -2.01. The Hall–Kier alpha value is -4.03. The summed E-state index contributed by atoms with van der Waals surface area (Å²) in [5.41, 5.74) is 3.21. The maximum Gasteiger partial charge on any atom is 0.266 e. The van der Waals surface area contributed by atoms with Crippen molar-refractivity contribution in [2.75, 3.05) is 0 Å². The molecule has 0 aliphatic heterocycles. The van der Waals surface area contributed by atoms with Crippen LogP contribution in [0, 0.1) is 0 Å². The second-order valence-corrected chi connectivity index (χ2v) is 7.82. The number of azo groups is 1. The molecule has 0 saturated carbocycles. The van der Waals surface area contributed by atoms with Crippen LogP contribution in [0.3, 0.4) is 0 Å². The highest BCUT2D eigenvalue weighted by Crippen LogP contribution is 2.35. The molecular weight excluding hydrogens is 424 g/mol. The summed E-state index contributed by atoms with van der Waals surface area (Å²) in [6.07, 6.45) is 1.43. The fourth-order valence-electron chi connectivity index (χ4n) is 3.73. The van der Waals surface area contributed by atoms with Crippen LogP contribution in [-0.4, -0.2) is 15.2 Å². The van der Waals surface area contributed by atoms with E-state index < -0.39 is 0 Å². The van der Waals surface area contributed by atoms with Gasteiger partial charge in [-0.15, -0.1) is 5.11 Å². The summed E-state index contributed by atoms with van der Waals surface area (Å²) in [6.45, 7) is 1.70. The number of nitrogens with one attached hydrogen (secondary N) is 1. The van der Waals surface area contributed by atoms with Crippen molar-refractivity contribution in [1.82, 2.24) is 9.38 Å². The minimum Gasteiger partial charge on any atom is -0.339 e. The van der Waals surface area contributed by atoms with Crippen LogP contribution in [0.1, 0.15) is 17.3 Å². The summed E-state index contributed by atoms with van der Waals surface area (Å²) in [5, 5.41) is 10.4. The van der Waals surface area contributed by atoms with Gasteiger partial charge in [0.2, 0.25) is 0 Å². The molecule has 0 amide bonds. The molecule has 0 unspecified atom stereocenters. The zero-order chi connectivity index (χ0) is 22.2. The van der Waals surface area contributed by atoms with Crippen LogP contribution >= 0.6 is 11.6 Å². The number of ketones is 1. The molecule has 0 fully saturated rings. The molecule has 2 aromatic heterocycles. The van der Waals surface area contributed by atoms with Gasteiger partial charge in [-0.2, -0.15) is 5.11 Å². The van der Waals surface area contributed by atoms with E-state index in [9.17, 15) is 9.59 Å². The number of hydrogen-bond donors (Lipinski definition) is 1. The van der Waals surface area contributed by atoms with Crippen LogP contribution in [0.15, 0.2) is 99.6 Å². The van der Waals surface area contributed by atoms with Gasteiger partial charge in [-0.3, -0.25) is 14.0 Å². The van der Waals surface area contributed by atoms with Crippen LogP contribution < -0.4 is 5.56 Å². The van der Waals surface area contributed by atoms with E-state index in [1.54, 1.807) is 47.7 Å². The van der Waals surface area contributed by atoms with Crippen molar-refractivity contribution in [2.45, 2.75) is 6.92 Å². The highest BCUT2D eigenvalue weighted by Gasteiger charge is 2.17. The van der Waals surface area contributed by atoms with Gasteiger partial charge in [-0.05, 0) is 37.3 Å². The van der Waals surface area contributed by atoms with Gasteiger partial charge < -0.3 is 4.98 Å². The first-order chi connectivity index (χ1) is 15.5. The van der Waals surface area contributed by atoms with Gasteiger partial charge in [-0.25, -0.2) is 0 Å². The molecule has 3 aromatic carbocycles. The van der Waals surface area contributed by atoms with Crippen LogP contribution in [-0.2, 0) is 0 Å². The second-order valence-electron chi connectivity index (χ2n) is 7.39. The lowest BCUT2D eigenvalue weighted by atomic mass is 10.1. The van der Waals surface area contributed by atoms with Gasteiger partial charge >= 0.3 is 0 Å². The Morgan fingerprint density at radius 1 is 1.00 bits per heavy atom. The number of halogens is 1. The van der Waals surface area contributed by atoms with Crippen LogP contribution in [0.25, 0.3) is 27.5 Å². The molecule has 7 heteroatoms. The fraction of sp³-hybridized carbons (Fsp3) is 0.0400. The molecule has 6 nitrogen and oxygen atoms in total. The third-order valence-electron chi connectivity index (χ3n) is 5.22. The number of carbonyl (C=O) groups is 1. The van der Waals surface area contributed by atoms with Crippen molar-refractivity contribution in [1.29, 1.82) is 0 Å². The maximum atomic E-state index is 13.2. The fourth-order valence-corrected chi connectivity index (χ4v) is 3.91. The van der Waals surface area contributed by atoms with Crippen molar-refractivity contribution in [3.63, 3.8) is 0 Å². The molecule has 0 bridgehead atoms. The standard InChI is InChI=1S/C25H17ClN4O2/c1-15(13-22(31)16-7-3-2-4-8-16)28-29-23-19-14-17(26)11-12-21(19)30-24(23)27-20-10-6-5-9-18(20)25(30)32/h2-14,27H,1H3/b15-13-,29-28?. The molecule has 2 heterocycles. The third kappa shape index (κ3) is 3.40. The van der Waals surface area contributed by atoms with Gasteiger partial charge in [-0.1, -0.05) is 54.1 Å². The van der Waals surface area contributed by atoms with E-state index in [0.29, 0.717) is 49.4 Å². The number of carbonyl (C=O) groups excluding carboxylic acids is 1. The van der Waals surface area contributed by atoms with Crippen molar-refractivity contribution in [3.05, 3.63) is 106 Å². The number of allylic oxidation sites excluding steroid dienone is 2. The number of rotatable bonds is 4. The molecule has 32 heavy (non-hydrogen) atoms. The Morgan fingerprint density at radius 3 is 2.56 bits per heavy atom. The maximum absolute atomic E-state index is 13.2. The number of aromatic amines is 1. The van der Waals surface area contributed by atoms with Gasteiger partial charge in [0.25, 0.3) is 5.56 Å². The Balaban J connectivity index is 1.69. The summed E-state index contributed by atoms with van der Waals surface area (Å²) in [4.78, 5) is 28.9. The van der Waals surface area contributed by atoms with Crippen molar-refractivity contribution in [2.24, 2.45) is 10.2 Å². The smallest absolute Gasteiger partial charge is 0.266 e. The van der Waals surface area contributed by atoms with E-state index >= 15 is 0 Å². The number of para-hydroxylation sites is 1. The molecule has 0 aliphatic carbocycles. The average molecular weight is 441 g/mol. The van der Waals surface area contributed by atoms with Crippen molar-refractivity contribution in [3.8, 4) is 0 Å². The molecule has 0 radical (unpaired) electrons. The molecule has 1 N–H and O–H groups in total. The van der Waals surface area contributed by atoms with Gasteiger partial charge in [0, 0.05) is 22.0 Å². The summed E-state index contributed by atoms with van der Waals surface area (Å²) in [6, 6.07) is 21.5. The van der Waals surface area contributed by atoms with Gasteiger partial charge in [0.15, 0.2) is 5.78 Å². The molecule has 156 valence electrons. The van der Waals surface area contributed by atoms with Gasteiger partial charge in [0.1, 0.15) is 11.3 Å². The quantitative estimate of drug-likeness (QED) is 0.198. The summed E-state index contributed by atoms with van der Waals surface area (Å²) < 4.78 is 1.58. The predicted octanol–water partition coefficient (Wildman–Crippen LogP) is 6.46. The zero-order valence-electron chi connectivity index (χ0n) is 17.0. The largest absolute Gasteiger partial charge is 0.339 e. The number of H-pyrrole nitrogens is 1. The summed E-state index contributed by atoms with van der Waals surface area (Å²) in [7, 11) is 0. The SMILES string of the molecule is C/C(=C/C(=O)c1ccccc1)N=Nc1c2cc(Cl)ccc2n2c(=O)c3ccccc3[nH]c12. The Labute approximate surface area is 187 Å². The normalized spacial score (nSPS) is 12.4. The van der Waals surface area contributed by atoms with Crippen LogP contribution in [0.2, 0.25) is 5.02 Å². The van der Waals surface area contributed by atoms with Crippen molar-refractivity contribution >= 4 is 50.5 Å². The Morgan fingerprint density at radius 2 is 1.75 bits per heavy atom. The molecule has 0 atom stereocenters. The zero-order valence-corrected chi connectivity index (χ0v) is 17.8. The number of benzene rings is 3. The van der Waals surface area contributed by atoms with Crippen LogP contribution in [0.5, 0.6) is 0 Å². The molecule has 0 spiro atoms. The number of hydrogen-bond acceptors (Lipinski definition) is 4. The second kappa shape index (κ2) is 7.90.